The van der Waals surface area contributed by atoms with Crippen molar-refractivity contribution >= 4 is 29.9 Å². The SMILES string of the molecule is CN=C(NCc1cccc(C)c1)NCc1cccnc1OC.I. The summed E-state index contributed by atoms with van der Waals surface area (Å²) < 4.78 is 5.24. The molecule has 0 bridgehead atoms. The van der Waals surface area contributed by atoms with Crippen LogP contribution in [0.5, 0.6) is 5.88 Å². The number of nitrogens with zero attached hydrogens (tertiary/aromatic N) is 2. The average molecular weight is 426 g/mol. The molecule has 0 atom stereocenters. The third-order valence-electron chi connectivity index (χ3n) is 3.26. The first-order valence-electron chi connectivity index (χ1n) is 7.21. The summed E-state index contributed by atoms with van der Waals surface area (Å²) in [6, 6.07) is 12.3. The standard InChI is InChI=1S/C17H22N4O.HI/c1-13-6-4-7-14(10-13)11-20-17(18-2)21-12-15-8-5-9-19-16(15)22-3;/h4-10H,11-12H2,1-3H3,(H2,18,20,21);1H. The smallest absolute Gasteiger partial charge is 0.218 e. The second-order valence-electron chi connectivity index (χ2n) is 4.94. The summed E-state index contributed by atoms with van der Waals surface area (Å²) in [5.74, 6) is 1.37. The van der Waals surface area contributed by atoms with Crippen LogP contribution in [0.1, 0.15) is 16.7 Å². The van der Waals surface area contributed by atoms with Gasteiger partial charge in [0.1, 0.15) is 0 Å². The number of guanidine groups is 1. The minimum absolute atomic E-state index is 0. The minimum Gasteiger partial charge on any atom is -0.481 e. The zero-order valence-corrected chi connectivity index (χ0v) is 16.0. The Morgan fingerprint density at radius 2 is 1.96 bits per heavy atom. The zero-order valence-electron chi connectivity index (χ0n) is 13.7. The third kappa shape index (κ3) is 6.05. The van der Waals surface area contributed by atoms with E-state index in [1.54, 1.807) is 20.4 Å². The van der Waals surface area contributed by atoms with Crippen molar-refractivity contribution in [1.29, 1.82) is 0 Å². The molecule has 23 heavy (non-hydrogen) atoms. The van der Waals surface area contributed by atoms with Crippen molar-refractivity contribution in [3.63, 3.8) is 0 Å². The van der Waals surface area contributed by atoms with Crippen LogP contribution in [0.15, 0.2) is 47.6 Å². The van der Waals surface area contributed by atoms with Crippen molar-refractivity contribution in [1.82, 2.24) is 15.6 Å². The van der Waals surface area contributed by atoms with Crippen molar-refractivity contribution in [2.45, 2.75) is 20.0 Å². The van der Waals surface area contributed by atoms with Gasteiger partial charge in [-0.15, -0.1) is 24.0 Å². The monoisotopic (exact) mass is 426 g/mol. The fourth-order valence-electron chi connectivity index (χ4n) is 2.15. The normalized spacial score (nSPS) is 10.7. The number of pyridine rings is 1. The number of aliphatic imine (C=N–C) groups is 1. The van der Waals surface area contributed by atoms with Crippen LogP contribution in [0.4, 0.5) is 0 Å². The van der Waals surface area contributed by atoms with E-state index in [-0.39, 0.29) is 24.0 Å². The Labute approximate surface area is 154 Å². The van der Waals surface area contributed by atoms with E-state index in [2.05, 4.69) is 51.8 Å². The van der Waals surface area contributed by atoms with Crippen LogP contribution in [0.2, 0.25) is 0 Å². The molecule has 0 aliphatic carbocycles. The van der Waals surface area contributed by atoms with Gasteiger partial charge in [-0.1, -0.05) is 35.9 Å². The molecule has 6 heteroatoms. The number of ether oxygens (including phenoxy) is 1. The predicted octanol–water partition coefficient (Wildman–Crippen LogP) is 2.88. The van der Waals surface area contributed by atoms with E-state index in [1.807, 2.05) is 12.1 Å². The van der Waals surface area contributed by atoms with E-state index in [0.29, 0.717) is 12.4 Å². The van der Waals surface area contributed by atoms with E-state index in [9.17, 15) is 0 Å². The van der Waals surface area contributed by atoms with Gasteiger partial charge in [0.05, 0.1) is 7.11 Å². The van der Waals surface area contributed by atoms with E-state index in [0.717, 1.165) is 18.1 Å². The van der Waals surface area contributed by atoms with Crippen molar-refractivity contribution in [2.75, 3.05) is 14.2 Å². The van der Waals surface area contributed by atoms with Crippen LogP contribution in [0, 0.1) is 6.92 Å². The Morgan fingerprint density at radius 3 is 2.65 bits per heavy atom. The highest BCUT2D eigenvalue weighted by Gasteiger charge is 2.04. The summed E-state index contributed by atoms with van der Waals surface area (Å²) in [5.41, 5.74) is 3.47. The Kier molecular flexibility index (Phi) is 8.39. The molecule has 0 spiro atoms. The Hall–Kier alpha value is -1.83. The van der Waals surface area contributed by atoms with Gasteiger partial charge >= 0.3 is 0 Å². The number of halogens is 1. The van der Waals surface area contributed by atoms with Gasteiger partial charge in [-0.05, 0) is 18.6 Å². The lowest BCUT2D eigenvalue weighted by molar-refractivity contribution is 0.392. The number of benzene rings is 1. The number of aromatic nitrogens is 1. The van der Waals surface area contributed by atoms with Crippen LogP contribution < -0.4 is 15.4 Å². The molecule has 0 radical (unpaired) electrons. The summed E-state index contributed by atoms with van der Waals surface area (Å²) in [4.78, 5) is 8.41. The van der Waals surface area contributed by atoms with Crippen molar-refractivity contribution in [2.24, 2.45) is 4.99 Å². The van der Waals surface area contributed by atoms with Gasteiger partial charge in [0.2, 0.25) is 5.88 Å². The second kappa shape index (κ2) is 10.0. The Balaban J connectivity index is 0.00000264. The average Bonchev–Trinajstić information content (AvgIpc) is 2.55. The van der Waals surface area contributed by atoms with Crippen LogP contribution in [-0.2, 0) is 13.1 Å². The first kappa shape index (κ1) is 19.2. The molecule has 124 valence electrons. The maximum absolute atomic E-state index is 5.24. The highest BCUT2D eigenvalue weighted by Crippen LogP contribution is 2.12. The summed E-state index contributed by atoms with van der Waals surface area (Å²) in [6.07, 6.45) is 1.72. The molecule has 0 aliphatic heterocycles. The largest absolute Gasteiger partial charge is 0.481 e. The van der Waals surface area contributed by atoms with Gasteiger partial charge in [-0.2, -0.15) is 0 Å². The Bertz CT molecular complexity index is 646. The number of hydrogen-bond donors (Lipinski definition) is 2. The van der Waals surface area contributed by atoms with Gasteiger partial charge < -0.3 is 15.4 Å². The highest BCUT2D eigenvalue weighted by molar-refractivity contribution is 14.0. The summed E-state index contributed by atoms with van der Waals surface area (Å²) in [7, 11) is 3.38. The molecular weight excluding hydrogens is 403 g/mol. The van der Waals surface area contributed by atoms with Gasteiger partial charge in [0.25, 0.3) is 0 Å². The topological polar surface area (TPSA) is 58.5 Å². The number of aryl methyl sites for hydroxylation is 1. The van der Waals surface area contributed by atoms with Crippen LogP contribution in [0.3, 0.4) is 0 Å². The zero-order chi connectivity index (χ0) is 15.8. The molecule has 0 amide bonds. The first-order valence-corrected chi connectivity index (χ1v) is 7.21. The molecule has 2 N–H and O–H groups in total. The number of hydrogen-bond acceptors (Lipinski definition) is 3. The van der Waals surface area contributed by atoms with Crippen molar-refractivity contribution in [3.05, 3.63) is 59.3 Å². The molecule has 1 aromatic carbocycles. The van der Waals surface area contributed by atoms with E-state index >= 15 is 0 Å². The molecule has 0 fully saturated rings. The van der Waals surface area contributed by atoms with Gasteiger partial charge in [-0.25, -0.2) is 4.98 Å². The van der Waals surface area contributed by atoms with Crippen LogP contribution >= 0.6 is 24.0 Å². The maximum atomic E-state index is 5.24. The van der Waals surface area contributed by atoms with E-state index < -0.39 is 0 Å². The maximum Gasteiger partial charge on any atom is 0.218 e. The molecule has 0 unspecified atom stereocenters. The fraction of sp³-hybridized carbons (Fsp3) is 0.294. The van der Waals surface area contributed by atoms with Gasteiger partial charge in [-0.3, -0.25) is 4.99 Å². The molecule has 1 heterocycles. The van der Waals surface area contributed by atoms with Crippen molar-refractivity contribution < 1.29 is 4.74 Å². The summed E-state index contributed by atoms with van der Waals surface area (Å²) in [5, 5.41) is 6.56. The lowest BCUT2D eigenvalue weighted by Crippen LogP contribution is -2.36. The van der Waals surface area contributed by atoms with Gasteiger partial charge in [0, 0.05) is 31.9 Å². The minimum atomic E-state index is 0. The van der Waals surface area contributed by atoms with Crippen LogP contribution in [-0.4, -0.2) is 25.1 Å². The molecule has 1 aromatic heterocycles. The lowest BCUT2D eigenvalue weighted by Gasteiger charge is -2.13. The highest BCUT2D eigenvalue weighted by atomic mass is 127. The molecule has 2 rings (SSSR count). The fourth-order valence-corrected chi connectivity index (χ4v) is 2.15. The first-order chi connectivity index (χ1) is 10.7. The quantitative estimate of drug-likeness (QED) is 0.439. The van der Waals surface area contributed by atoms with Gasteiger partial charge in [0.15, 0.2) is 5.96 Å². The second-order valence-corrected chi connectivity index (χ2v) is 4.94. The lowest BCUT2D eigenvalue weighted by atomic mass is 10.1. The van der Waals surface area contributed by atoms with Crippen LogP contribution in [0.25, 0.3) is 0 Å². The number of rotatable bonds is 5. The van der Waals surface area contributed by atoms with Crippen molar-refractivity contribution in [3.8, 4) is 5.88 Å². The number of nitrogens with one attached hydrogen (secondary N) is 2. The molecule has 0 saturated heterocycles. The molecule has 2 aromatic rings. The molecule has 0 aliphatic rings. The predicted molar refractivity (Wildman–Crippen MR) is 104 cm³/mol. The molecule has 0 saturated carbocycles. The summed E-state index contributed by atoms with van der Waals surface area (Å²) >= 11 is 0. The molecular formula is C17H23IN4O. The van der Waals surface area contributed by atoms with E-state index in [1.165, 1.54) is 11.1 Å². The van der Waals surface area contributed by atoms with E-state index in [4.69, 9.17) is 4.74 Å². The molecule has 5 nitrogen and oxygen atoms in total. The Morgan fingerprint density at radius 1 is 1.17 bits per heavy atom. The summed E-state index contributed by atoms with van der Waals surface area (Å²) in [6.45, 7) is 3.42. The third-order valence-corrected chi connectivity index (χ3v) is 3.26. The number of methoxy groups -OCH3 is 1.